The summed E-state index contributed by atoms with van der Waals surface area (Å²) >= 11 is 0. The first kappa shape index (κ1) is 12.4. The predicted molar refractivity (Wildman–Crippen MR) is 50.4 cm³/mol. The Balaban J connectivity index is 3.61. The average Bonchev–Trinajstić information content (AvgIpc) is 2.14. The van der Waals surface area contributed by atoms with Crippen molar-refractivity contribution < 1.29 is 14.6 Å². The molecule has 0 saturated heterocycles. The molecule has 0 aliphatic carbocycles. The van der Waals surface area contributed by atoms with Crippen molar-refractivity contribution in [3.8, 4) is 0 Å². The third-order valence-electron chi connectivity index (χ3n) is 1.82. The number of methoxy groups -OCH3 is 1. The van der Waals surface area contributed by atoms with Gasteiger partial charge < -0.3 is 14.7 Å². The lowest BCUT2D eigenvalue weighted by Crippen LogP contribution is -2.30. The highest BCUT2D eigenvalue weighted by atomic mass is 16.5. The zero-order chi connectivity index (χ0) is 10.1. The minimum Gasteiger partial charge on any atom is -0.469 e. The van der Waals surface area contributed by atoms with Gasteiger partial charge in [-0.25, -0.2) is 0 Å². The van der Waals surface area contributed by atoms with Gasteiger partial charge in [0.05, 0.1) is 20.1 Å². The molecule has 0 atom stereocenters. The summed E-state index contributed by atoms with van der Waals surface area (Å²) in [5.41, 5.74) is 0. The fraction of sp³-hybridized carbons (Fsp3) is 0.889. The first-order valence-corrected chi connectivity index (χ1v) is 4.64. The van der Waals surface area contributed by atoms with Crippen LogP contribution >= 0.6 is 0 Å². The van der Waals surface area contributed by atoms with Crippen molar-refractivity contribution in [3.05, 3.63) is 0 Å². The molecule has 0 aliphatic heterocycles. The topological polar surface area (TPSA) is 49.8 Å². The number of esters is 1. The maximum atomic E-state index is 10.8. The van der Waals surface area contributed by atoms with E-state index in [1.807, 2.05) is 0 Å². The van der Waals surface area contributed by atoms with Crippen LogP contribution in [0.15, 0.2) is 0 Å². The van der Waals surface area contributed by atoms with Gasteiger partial charge in [0.2, 0.25) is 0 Å². The maximum absolute atomic E-state index is 10.8. The smallest absolute Gasteiger partial charge is 0.306 e. The summed E-state index contributed by atoms with van der Waals surface area (Å²) in [6.07, 6.45) is 1.43. The van der Waals surface area contributed by atoms with Crippen LogP contribution in [0.4, 0.5) is 0 Å². The molecule has 0 aromatic rings. The maximum Gasteiger partial charge on any atom is 0.306 e. The van der Waals surface area contributed by atoms with E-state index in [9.17, 15) is 4.79 Å². The molecule has 0 saturated carbocycles. The lowest BCUT2D eigenvalue weighted by molar-refractivity contribution is -0.141. The molecule has 0 amide bonds. The van der Waals surface area contributed by atoms with E-state index in [1.54, 1.807) is 0 Å². The van der Waals surface area contributed by atoms with Gasteiger partial charge in [0, 0.05) is 13.1 Å². The Morgan fingerprint density at radius 2 is 2.08 bits per heavy atom. The molecule has 0 heterocycles. The minimum atomic E-state index is -0.195. The second kappa shape index (κ2) is 8.01. The van der Waals surface area contributed by atoms with E-state index in [1.165, 1.54) is 7.11 Å². The van der Waals surface area contributed by atoms with Gasteiger partial charge >= 0.3 is 5.97 Å². The summed E-state index contributed by atoms with van der Waals surface area (Å²) in [5, 5.41) is 8.73. The molecule has 1 N–H and O–H groups in total. The van der Waals surface area contributed by atoms with Gasteiger partial charge in [0.15, 0.2) is 0 Å². The second-order valence-electron chi connectivity index (χ2n) is 2.89. The normalized spacial score (nSPS) is 10.5. The molecule has 0 rings (SSSR count). The van der Waals surface area contributed by atoms with Crippen molar-refractivity contribution in [2.75, 3.05) is 33.4 Å². The molecule has 4 nitrogen and oxygen atoms in total. The van der Waals surface area contributed by atoms with Gasteiger partial charge in [-0.3, -0.25) is 4.79 Å². The quantitative estimate of drug-likeness (QED) is 0.583. The van der Waals surface area contributed by atoms with Crippen molar-refractivity contribution in [1.29, 1.82) is 0 Å². The highest BCUT2D eigenvalue weighted by molar-refractivity contribution is 5.69. The van der Waals surface area contributed by atoms with Gasteiger partial charge in [0.25, 0.3) is 0 Å². The number of rotatable bonds is 7. The minimum absolute atomic E-state index is 0.140. The van der Waals surface area contributed by atoms with Crippen LogP contribution in [0, 0.1) is 0 Å². The zero-order valence-corrected chi connectivity index (χ0v) is 8.45. The molecular weight excluding hydrogens is 170 g/mol. The number of hydrogen-bond acceptors (Lipinski definition) is 4. The van der Waals surface area contributed by atoms with E-state index in [0.29, 0.717) is 19.5 Å². The monoisotopic (exact) mass is 189 g/mol. The Kier molecular flexibility index (Phi) is 7.63. The molecular formula is C9H19NO3. The first-order valence-electron chi connectivity index (χ1n) is 4.64. The highest BCUT2D eigenvalue weighted by Crippen LogP contribution is 1.94. The number of hydrogen-bond donors (Lipinski definition) is 1. The van der Waals surface area contributed by atoms with Crippen LogP contribution in [0.1, 0.15) is 19.8 Å². The van der Waals surface area contributed by atoms with Crippen molar-refractivity contribution >= 4 is 5.97 Å². The van der Waals surface area contributed by atoms with Crippen molar-refractivity contribution in [3.63, 3.8) is 0 Å². The van der Waals surface area contributed by atoms with E-state index < -0.39 is 0 Å². The lowest BCUT2D eigenvalue weighted by atomic mass is 10.3. The standard InChI is InChI=1S/C9H19NO3/c1-3-5-10(7-8-11)6-4-9(12)13-2/h11H,3-8H2,1-2H3. The Morgan fingerprint density at radius 3 is 2.54 bits per heavy atom. The summed E-state index contributed by atoms with van der Waals surface area (Å²) in [4.78, 5) is 12.9. The van der Waals surface area contributed by atoms with E-state index in [-0.39, 0.29) is 12.6 Å². The summed E-state index contributed by atoms with van der Waals surface area (Å²) in [6, 6.07) is 0. The van der Waals surface area contributed by atoms with E-state index >= 15 is 0 Å². The number of carbonyl (C=O) groups is 1. The number of aliphatic hydroxyl groups excluding tert-OH is 1. The first-order chi connectivity index (χ1) is 6.24. The van der Waals surface area contributed by atoms with E-state index in [4.69, 9.17) is 5.11 Å². The molecule has 0 aromatic carbocycles. The van der Waals surface area contributed by atoms with Crippen LogP contribution < -0.4 is 0 Å². The van der Waals surface area contributed by atoms with E-state index in [2.05, 4.69) is 16.6 Å². The average molecular weight is 189 g/mol. The van der Waals surface area contributed by atoms with Crippen LogP contribution in [-0.2, 0) is 9.53 Å². The number of aliphatic hydroxyl groups is 1. The molecule has 4 heteroatoms. The van der Waals surface area contributed by atoms with Crippen molar-refractivity contribution in [2.24, 2.45) is 0 Å². The second-order valence-corrected chi connectivity index (χ2v) is 2.89. The Bertz CT molecular complexity index is 133. The van der Waals surface area contributed by atoms with Crippen LogP contribution in [0.25, 0.3) is 0 Å². The van der Waals surface area contributed by atoms with Gasteiger partial charge in [0.1, 0.15) is 0 Å². The van der Waals surface area contributed by atoms with Gasteiger partial charge in [-0.15, -0.1) is 0 Å². The molecule has 0 fully saturated rings. The zero-order valence-electron chi connectivity index (χ0n) is 8.45. The molecule has 0 bridgehead atoms. The Hall–Kier alpha value is -0.610. The third kappa shape index (κ3) is 6.54. The Morgan fingerprint density at radius 1 is 1.38 bits per heavy atom. The third-order valence-corrected chi connectivity index (χ3v) is 1.82. The molecule has 13 heavy (non-hydrogen) atoms. The highest BCUT2D eigenvalue weighted by Gasteiger charge is 2.06. The van der Waals surface area contributed by atoms with Crippen LogP contribution in [-0.4, -0.2) is 49.3 Å². The lowest BCUT2D eigenvalue weighted by Gasteiger charge is -2.19. The predicted octanol–water partition coefficient (Wildman–Crippen LogP) is 0.254. The molecule has 0 unspecified atom stereocenters. The number of carbonyl (C=O) groups excluding carboxylic acids is 1. The van der Waals surface area contributed by atoms with Gasteiger partial charge in [-0.05, 0) is 13.0 Å². The fourth-order valence-electron chi connectivity index (χ4n) is 1.14. The fourth-order valence-corrected chi connectivity index (χ4v) is 1.14. The molecule has 0 radical (unpaired) electrons. The summed E-state index contributed by atoms with van der Waals surface area (Å²) < 4.78 is 4.53. The SMILES string of the molecule is CCCN(CCO)CCC(=O)OC. The summed E-state index contributed by atoms with van der Waals surface area (Å²) in [6.45, 7) is 4.42. The molecule has 78 valence electrons. The van der Waals surface area contributed by atoms with Gasteiger partial charge in [-0.2, -0.15) is 0 Å². The molecule has 0 aliphatic rings. The van der Waals surface area contributed by atoms with Crippen molar-refractivity contribution in [2.45, 2.75) is 19.8 Å². The van der Waals surface area contributed by atoms with E-state index in [0.717, 1.165) is 13.0 Å². The van der Waals surface area contributed by atoms with Crippen molar-refractivity contribution in [1.82, 2.24) is 4.90 Å². The van der Waals surface area contributed by atoms with Gasteiger partial charge in [-0.1, -0.05) is 6.92 Å². The number of nitrogens with zero attached hydrogens (tertiary/aromatic N) is 1. The summed E-state index contributed by atoms with van der Waals surface area (Å²) in [7, 11) is 1.39. The largest absolute Gasteiger partial charge is 0.469 e. The van der Waals surface area contributed by atoms with Crippen LogP contribution in [0.3, 0.4) is 0 Å². The molecule has 0 aromatic heterocycles. The Labute approximate surface area is 79.5 Å². The molecule has 0 spiro atoms. The summed E-state index contributed by atoms with van der Waals surface area (Å²) in [5.74, 6) is -0.195. The van der Waals surface area contributed by atoms with Crippen LogP contribution in [0.5, 0.6) is 0 Å². The van der Waals surface area contributed by atoms with Crippen LogP contribution in [0.2, 0.25) is 0 Å². The number of ether oxygens (including phenoxy) is 1.